The second-order valence-corrected chi connectivity index (χ2v) is 4.21. The van der Waals surface area contributed by atoms with Gasteiger partial charge in [0.2, 0.25) is 0 Å². The Morgan fingerprint density at radius 2 is 2.31 bits per heavy atom. The third-order valence-corrected chi connectivity index (χ3v) is 1.93. The predicted octanol–water partition coefficient (Wildman–Crippen LogP) is 0.927. The van der Waals surface area contributed by atoms with Crippen molar-refractivity contribution in [2.45, 2.75) is 26.0 Å². The van der Waals surface area contributed by atoms with Crippen LogP contribution in [0.25, 0.3) is 0 Å². The van der Waals surface area contributed by atoms with Gasteiger partial charge in [-0.1, -0.05) is 0 Å². The molecule has 0 aromatic carbocycles. The monoisotopic (exact) mass is 227 g/mol. The molecule has 0 saturated heterocycles. The van der Waals surface area contributed by atoms with Crippen LogP contribution in [-0.4, -0.2) is 30.3 Å². The van der Waals surface area contributed by atoms with Gasteiger partial charge in [-0.15, -0.1) is 0 Å². The van der Waals surface area contributed by atoms with Gasteiger partial charge in [0.15, 0.2) is 0 Å². The summed E-state index contributed by atoms with van der Waals surface area (Å²) in [6.45, 7) is 4.33. The Hall–Kier alpha value is -1.33. The fourth-order valence-corrected chi connectivity index (χ4v) is 1.19. The van der Waals surface area contributed by atoms with Crippen LogP contribution in [-0.2, 0) is 11.3 Å². The van der Waals surface area contributed by atoms with Crippen LogP contribution in [0.2, 0.25) is 0 Å². The molecule has 0 atom stereocenters. The van der Waals surface area contributed by atoms with E-state index in [2.05, 4.69) is 10.1 Å². The summed E-state index contributed by atoms with van der Waals surface area (Å²) < 4.78 is 9.71. The van der Waals surface area contributed by atoms with Crippen molar-refractivity contribution in [3.05, 3.63) is 23.7 Å². The molecule has 1 aromatic heterocycles. The maximum atomic E-state index is 11.1. The predicted molar refractivity (Wildman–Crippen MR) is 58.1 cm³/mol. The summed E-state index contributed by atoms with van der Waals surface area (Å²) in [5.41, 5.74) is -0.375. The van der Waals surface area contributed by atoms with E-state index in [4.69, 9.17) is 4.42 Å². The quantitative estimate of drug-likeness (QED) is 0.732. The van der Waals surface area contributed by atoms with Crippen molar-refractivity contribution in [2.24, 2.45) is 0 Å². The first kappa shape index (κ1) is 12.7. The summed E-state index contributed by atoms with van der Waals surface area (Å²) in [7, 11) is 1.32. The van der Waals surface area contributed by atoms with E-state index in [9.17, 15) is 9.90 Å². The molecule has 0 aliphatic carbocycles. The highest BCUT2D eigenvalue weighted by molar-refractivity contribution is 5.88. The number of furan rings is 1. The summed E-state index contributed by atoms with van der Waals surface area (Å²) in [6.07, 6.45) is 1.35. The average molecular weight is 227 g/mol. The summed E-state index contributed by atoms with van der Waals surface area (Å²) in [4.78, 5) is 11.1. The fraction of sp³-hybridized carbons (Fsp3) is 0.545. The van der Waals surface area contributed by atoms with Crippen LogP contribution in [0.15, 0.2) is 16.7 Å². The van der Waals surface area contributed by atoms with Gasteiger partial charge in [0, 0.05) is 6.54 Å². The van der Waals surface area contributed by atoms with Crippen LogP contribution < -0.4 is 5.32 Å². The molecule has 0 amide bonds. The largest absolute Gasteiger partial charge is 0.467 e. The number of hydrogen-bond donors (Lipinski definition) is 2. The molecule has 0 bridgehead atoms. The highest BCUT2D eigenvalue weighted by Crippen LogP contribution is 2.09. The first-order chi connectivity index (χ1) is 7.42. The number of ether oxygens (including phenoxy) is 1. The van der Waals surface area contributed by atoms with Crippen molar-refractivity contribution in [2.75, 3.05) is 13.7 Å². The molecule has 0 radical (unpaired) electrons. The van der Waals surface area contributed by atoms with E-state index < -0.39 is 11.6 Å². The molecule has 0 fully saturated rings. The van der Waals surface area contributed by atoms with Crippen LogP contribution >= 0.6 is 0 Å². The molecule has 1 rings (SSSR count). The molecule has 90 valence electrons. The average Bonchev–Trinajstić information content (AvgIpc) is 2.63. The number of aliphatic hydroxyl groups is 1. The Labute approximate surface area is 94.4 Å². The number of carbonyl (C=O) groups excluding carboxylic acids is 1. The standard InChI is InChI=1S/C11H17NO4/c1-11(2,14)7-12-5-9-4-8(6-16-9)10(13)15-3/h4,6,12,14H,5,7H2,1-3H3. The van der Waals surface area contributed by atoms with Crippen LogP contribution in [0.5, 0.6) is 0 Å². The van der Waals surface area contributed by atoms with Crippen LogP contribution in [0.3, 0.4) is 0 Å². The zero-order valence-electron chi connectivity index (χ0n) is 9.74. The van der Waals surface area contributed by atoms with Gasteiger partial charge in [0.1, 0.15) is 12.0 Å². The summed E-state index contributed by atoms with van der Waals surface area (Å²) >= 11 is 0. The van der Waals surface area contributed by atoms with E-state index in [-0.39, 0.29) is 0 Å². The lowest BCUT2D eigenvalue weighted by Crippen LogP contribution is -2.34. The Morgan fingerprint density at radius 3 is 2.88 bits per heavy atom. The number of nitrogens with one attached hydrogen (secondary N) is 1. The first-order valence-corrected chi connectivity index (χ1v) is 5.01. The molecule has 0 spiro atoms. The first-order valence-electron chi connectivity index (χ1n) is 5.01. The van der Waals surface area contributed by atoms with E-state index in [0.29, 0.717) is 24.4 Å². The Balaban J connectivity index is 2.44. The van der Waals surface area contributed by atoms with Crippen molar-refractivity contribution < 1.29 is 19.1 Å². The second kappa shape index (κ2) is 5.14. The molecule has 0 unspecified atom stereocenters. The fourth-order valence-electron chi connectivity index (χ4n) is 1.19. The summed E-state index contributed by atoms with van der Waals surface area (Å²) in [5, 5.41) is 12.5. The third-order valence-electron chi connectivity index (χ3n) is 1.93. The summed E-state index contributed by atoms with van der Waals surface area (Å²) in [5.74, 6) is 0.210. The van der Waals surface area contributed by atoms with Gasteiger partial charge in [-0.25, -0.2) is 4.79 Å². The zero-order valence-corrected chi connectivity index (χ0v) is 9.74. The molecule has 2 N–H and O–H groups in total. The van der Waals surface area contributed by atoms with Gasteiger partial charge < -0.3 is 19.6 Å². The number of rotatable bonds is 5. The Kier molecular flexibility index (Phi) is 4.09. The topological polar surface area (TPSA) is 71.7 Å². The van der Waals surface area contributed by atoms with E-state index in [1.807, 2.05) is 0 Å². The van der Waals surface area contributed by atoms with Gasteiger partial charge in [0.05, 0.1) is 24.8 Å². The number of esters is 1. The van der Waals surface area contributed by atoms with Crippen molar-refractivity contribution in [1.29, 1.82) is 0 Å². The SMILES string of the molecule is COC(=O)c1coc(CNCC(C)(C)O)c1. The minimum atomic E-state index is -0.766. The smallest absolute Gasteiger partial charge is 0.341 e. The number of hydrogen-bond acceptors (Lipinski definition) is 5. The molecule has 1 heterocycles. The van der Waals surface area contributed by atoms with Gasteiger partial charge in [0.25, 0.3) is 0 Å². The van der Waals surface area contributed by atoms with Crippen molar-refractivity contribution in [3.63, 3.8) is 0 Å². The van der Waals surface area contributed by atoms with Crippen molar-refractivity contribution >= 4 is 5.97 Å². The van der Waals surface area contributed by atoms with Gasteiger partial charge >= 0.3 is 5.97 Å². The normalized spacial score (nSPS) is 11.5. The highest BCUT2D eigenvalue weighted by atomic mass is 16.5. The van der Waals surface area contributed by atoms with E-state index in [0.717, 1.165) is 0 Å². The molecule has 1 aromatic rings. The van der Waals surface area contributed by atoms with Crippen LogP contribution in [0.1, 0.15) is 30.0 Å². The molecular weight excluding hydrogens is 210 g/mol. The lowest BCUT2D eigenvalue weighted by atomic mass is 10.1. The lowest BCUT2D eigenvalue weighted by molar-refractivity contribution is 0.0599. The number of carbonyl (C=O) groups is 1. The van der Waals surface area contributed by atoms with E-state index in [1.165, 1.54) is 13.4 Å². The van der Waals surface area contributed by atoms with Gasteiger partial charge in [-0.2, -0.15) is 0 Å². The maximum Gasteiger partial charge on any atom is 0.341 e. The minimum absolute atomic E-state index is 0.391. The molecular formula is C11H17NO4. The van der Waals surface area contributed by atoms with Crippen molar-refractivity contribution in [3.8, 4) is 0 Å². The van der Waals surface area contributed by atoms with Crippen LogP contribution in [0, 0.1) is 0 Å². The zero-order chi connectivity index (χ0) is 12.2. The Morgan fingerprint density at radius 1 is 1.62 bits per heavy atom. The lowest BCUT2D eigenvalue weighted by Gasteiger charge is -2.16. The molecule has 0 aliphatic rings. The maximum absolute atomic E-state index is 11.1. The Bertz CT molecular complexity index is 351. The van der Waals surface area contributed by atoms with E-state index >= 15 is 0 Å². The van der Waals surface area contributed by atoms with Gasteiger partial charge in [-0.05, 0) is 19.9 Å². The number of methoxy groups -OCH3 is 1. The summed E-state index contributed by atoms with van der Waals surface area (Å²) in [6, 6.07) is 1.61. The minimum Gasteiger partial charge on any atom is -0.467 e. The second-order valence-electron chi connectivity index (χ2n) is 4.21. The molecule has 0 saturated carbocycles. The van der Waals surface area contributed by atoms with Crippen molar-refractivity contribution in [1.82, 2.24) is 5.32 Å². The molecule has 0 aliphatic heterocycles. The van der Waals surface area contributed by atoms with Gasteiger partial charge in [-0.3, -0.25) is 0 Å². The highest BCUT2D eigenvalue weighted by Gasteiger charge is 2.13. The molecule has 5 nitrogen and oxygen atoms in total. The molecule has 16 heavy (non-hydrogen) atoms. The third kappa shape index (κ3) is 4.04. The van der Waals surface area contributed by atoms with E-state index in [1.54, 1.807) is 19.9 Å². The molecule has 5 heteroatoms. The van der Waals surface area contributed by atoms with Crippen LogP contribution in [0.4, 0.5) is 0 Å².